The highest BCUT2D eigenvalue weighted by Gasteiger charge is 2.19. The van der Waals surface area contributed by atoms with Crippen LogP contribution in [0.1, 0.15) is 23.7 Å². The second-order valence-electron chi connectivity index (χ2n) is 4.95. The van der Waals surface area contributed by atoms with Crippen molar-refractivity contribution in [1.82, 2.24) is 4.90 Å². The molecule has 0 radical (unpaired) electrons. The van der Waals surface area contributed by atoms with Crippen LogP contribution < -0.4 is 4.90 Å². The van der Waals surface area contributed by atoms with E-state index >= 15 is 0 Å². The van der Waals surface area contributed by atoms with E-state index in [4.69, 9.17) is 0 Å². The number of hydrogen-bond donors (Lipinski definition) is 0. The van der Waals surface area contributed by atoms with Crippen LogP contribution in [0.4, 0.5) is 11.4 Å². The Kier molecular flexibility index (Phi) is 4.68. The predicted molar refractivity (Wildman–Crippen MR) is 77.4 cm³/mol. The van der Waals surface area contributed by atoms with Crippen LogP contribution in [0.5, 0.6) is 0 Å². The zero-order chi connectivity index (χ0) is 14.5. The summed E-state index contributed by atoms with van der Waals surface area (Å²) in [6, 6.07) is 4.75. The average Bonchev–Trinajstić information content (AvgIpc) is 2.47. The zero-order valence-electron chi connectivity index (χ0n) is 11.6. The minimum absolute atomic E-state index is 0.131. The Morgan fingerprint density at radius 1 is 1.30 bits per heavy atom. The third-order valence-corrected chi connectivity index (χ3v) is 3.61. The summed E-state index contributed by atoms with van der Waals surface area (Å²) in [5.74, 6) is 0. The number of nitro benzene ring substituents is 1. The molecule has 1 aromatic carbocycles. The summed E-state index contributed by atoms with van der Waals surface area (Å²) >= 11 is 0. The van der Waals surface area contributed by atoms with Gasteiger partial charge in [-0.05, 0) is 25.1 Å². The van der Waals surface area contributed by atoms with Crippen molar-refractivity contribution >= 4 is 17.7 Å². The molecule has 1 aliphatic rings. The van der Waals surface area contributed by atoms with Crippen molar-refractivity contribution in [2.24, 2.45) is 0 Å². The normalized spacial score (nSPS) is 16.1. The van der Waals surface area contributed by atoms with Gasteiger partial charge >= 0.3 is 0 Å². The van der Waals surface area contributed by atoms with Crippen molar-refractivity contribution in [2.75, 3.05) is 37.6 Å². The molecule has 0 bridgehead atoms. The van der Waals surface area contributed by atoms with Crippen LogP contribution in [-0.4, -0.2) is 48.8 Å². The lowest BCUT2D eigenvalue weighted by Gasteiger charge is -2.36. The summed E-state index contributed by atoms with van der Waals surface area (Å²) in [6.45, 7) is 7.02. The van der Waals surface area contributed by atoms with Gasteiger partial charge in [0, 0.05) is 37.9 Å². The highest BCUT2D eigenvalue weighted by atomic mass is 16.6. The predicted octanol–water partition coefficient (Wildman–Crippen LogP) is 1.94. The van der Waals surface area contributed by atoms with Crippen LogP contribution in [0, 0.1) is 10.1 Å². The molecular weight excluding hydrogens is 258 g/mol. The van der Waals surface area contributed by atoms with E-state index in [1.165, 1.54) is 6.07 Å². The lowest BCUT2D eigenvalue weighted by Crippen LogP contribution is -2.46. The number of piperazine rings is 1. The first-order valence-electron chi connectivity index (χ1n) is 6.86. The number of carbonyl (C=O) groups excluding carboxylic acids is 1. The number of nitrogens with zero attached hydrogens (tertiary/aromatic N) is 3. The van der Waals surface area contributed by atoms with E-state index in [9.17, 15) is 14.9 Å². The minimum Gasteiger partial charge on any atom is -0.369 e. The number of carbonyl (C=O) groups is 1. The van der Waals surface area contributed by atoms with Gasteiger partial charge in [0.05, 0.1) is 10.5 Å². The Hall–Kier alpha value is -1.95. The van der Waals surface area contributed by atoms with E-state index in [1.54, 1.807) is 12.1 Å². The third kappa shape index (κ3) is 3.14. The van der Waals surface area contributed by atoms with Crippen molar-refractivity contribution in [3.05, 3.63) is 33.9 Å². The molecule has 1 aliphatic heterocycles. The molecule has 0 amide bonds. The van der Waals surface area contributed by atoms with Gasteiger partial charge in [-0.1, -0.05) is 6.92 Å². The largest absolute Gasteiger partial charge is 0.369 e. The Morgan fingerprint density at radius 2 is 2.00 bits per heavy atom. The Balaban J connectivity index is 2.10. The van der Waals surface area contributed by atoms with Gasteiger partial charge in [-0.3, -0.25) is 19.8 Å². The van der Waals surface area contributed by atoms with E-state index < -0.39 is 4.92 Å². The van der Waals surface area contributed by atoms with Crippen molar-refractivity contribution in [2.45, 2.75) is 13.3 Å². The third-order valence-electron chi connectivity index (χ3n) is 3.61. The summed E-state index contributed by atoms with van der Waals surface area (Å²) in [4.78, 5) is 25.8. The van der Waals surface area contributed by atoms with Gasteiger partial charge < -0.3 is 4.90 Å². The van der Waals surface area contributed by atoms with Gasteiger partial charge in [-0.2, -0.15) is 0 Å². The molecule has 0 atom stereocenters. The number of nitro groups is 1. The molecule has 0 unspecified atom stereocenters. The number of rotatable bonds is 5. The SMILES string of the molecule is CCCN1CCN(c2ccc([N+](=O)[O-])c(C=O)c2)CC1. The monoisotopic (exact) mass is 277 g/mol. The van der Waals surface area contributed by atoms with Gasteiger partial charge in [-0.25, -0.2) is 0 Å². The maximum Gasteiger partial charge on any atom is 0.280 e. The molecule has 1 heterocycles. The van der Waals surface area contributed by atoms with Crippen LogP contribution in [-0.2, 0) is 0 Å². The number of benzene rings is 1. The van der Waals surface area contributed by atoms with Crippen molar-refractivity contribution < 1.29 is 9.72 Å². The molecule has 0 aliphatic carbocycles. The Labute approximate surface area is 118 Å². The van der Waals surface area contributed by atoms with Gasteiger partial charge in [0.1, 0.15) is 0 Å². The number of aldehydes is 1. The zero-order valence-corrected chi connectivity index (χ0v) is 11.6. The van der Waals surface area contributed by atoms with Gasteiger partial charge in [-0.15, -0.1) is 0 Å². The number of hydrogen-bond acceptors (Lipinski definition) is 5. The summed E-state index contributed by atoms with van der Waals surface area (Å²) in [5.41, 5.74) is 0.894. The molecule has 1 saturated heterocycles. The molecule has 1 aromatic rings. The van der Waals surface area contributed by atoms with Crippen LogP contribution in [0.25, 0.3) is 0 Å². The first kappa shape index (κ1) is 14.5. The fourth-order valence-corrected chi connectivity index (χ4v) is 2.55. The molecule has 1 fully saturated rings. The molecule has 0 N–H and O–H groups in total. The quantitative estimate of drug-likeness (QED) is 0.467. The van der Waals surface area contributed by atoms with Crippen LogP contribution in [0.2, 0.25) is 0 Å². The second kappa shape index (κ2) is 6.47. The maximum atomic E-state index is 11.0. The fourth-order valence-electron chi connectivity index (χ4n) is 2.55. The molecule has 0 spiro atoms. The van der Waals surface area contributed by atoms with Crippen LogP contribution in [0.15, 0.2) is 18.2 Å². The molecule has 0 aromatic heterocycles. The first-order chi connectivity index (χ1) is 9.65. The summed E-state index contributed by atoms with van der Waals surface area (Å²) in [6.07, 6.45) is 1.70. The molecule has 20 heavy (non-hydrogen) atoms. The van der Waals surface area contributed by atoms with Gasteiger partial charge in [0.25, 0.3) is 5.69 Å². The first-order valence-corrected chi connectivity index (χ1v) is 6.86. The smallest absolute Gasteiger partial charge is 0.280 e. The molecule has 108 valence electrons. The number of anilines is 1. The second-order valence-corrected chi connectivity index (χ2v) is 4.95. The summed E-state index contributed by atoms with van der Waals surface area (Å²) < 4.78 is 0. The highest BCUT2D eigenvalue weighted by molar-refractivity contribution is 5.83. The van der Waals surface area contributed by atoms with E-state index in [1.807, 2.05) is 0 Å². The molecular formula is C14H19N3O3. The average molecular weight is 277 g/mol. The van der Waals surface area contributed by atoms with E-state index in [0.717, 1.165) is 44.8 Å². The standard InChI is InChI=1S/C14H19N3O3/c1-2-5-15-6-8-16(9-7-15)13-3-4-14(17(19)20)12(10-13)11-18/h3-4,10-11H,2,5-9H2,1H3. The van der Waals surface area contributed by atoms with Crippen molar-refractivity contribution in [1.29, 1.82) is 0 Å². The Bertz CT molecular complexity index is 496. The maximum absolute atomic E-state index is 11.0. The highest BCUT2D eigenvalue weighted by Crippen LogP contribution is 2.24. The minimum atomic E-state index is -0.521. The molecule has 6 heteroatoms. The lowest BCUT2D eigenvalue weighted by atomic mass is 10.1. The molecule has 0 saturated carbocycles. The molecule has 6 nitrogen and oxygen atoms in total. The van der Waals surface area contributed by atoms with Crippen molar-refractivity contribution in [3.8, 4) is 0 Å². The summed E-state index contributed by atoms with van der Waals surface area (Å²) in [5, 5.41) is 10.8. The van der Waals surface area contributed by atoms with E-state index in [0.29, 0.717) is 6.29 Å². The van der Waals surface area contributed by atoms with Crippen molar-refractivity contribution in [3.63, 3.8) is 0 Å². The van der Waals surface area contributed by atoms with Crippen LogP contribution >= 0.6 is 0 Å². The fraction of sp³-hybridized carbons (Fsp3) is 0.500. The van der Waals surface area contributed by atoms with E-state index in [-0.39, 0.29) is 11.3 Å². The van der Waals surface area contributed by atoms with Crippen LogP contribution in [0.3, 0.4) is 0 Å². The lowest BCUT2D eigenvalue weighted by molar-refractivity contribution is -0.385. The Morgan fingerprint density at radius 3 is 2.55 bits per heavy atom. The van der Waals surface area contributed by atoms with Gasteiger partial charge in [0.2, 0.25) is 0 Å². The van der Waals surface area contributed by atoms with E-state index in [2.05, 4.69) is 16.7 Å². The summed E-state index contributed by atoms with van der Waals surface area (Å²) in [7, 11) is 0. The molecule has 2 rings (SSSR count). The topological polar surface area (TPSA) is 66.7 Å². The van der Waals surface area contributed by atoms with Gasteiger partial charge in [0.15, 0.2) is 6.29 Å².